The second kappa shape index (κ2) is 7.10. The van der Waals surface area contributed by atoms with Crippen LogP contribution in [0.3, 0.4) is 0 Å². The monoisotopic (exact) mass is 477 g/mol. The Morgan fingerprint density at radius 3 is 2.82 bits per heavy atom. The zero-order valence-electron chi connectivity index (χ0n) is 19.0. The molecule has 34 heavy (non-hydrogen) atoms. The Kier molecular flexibility index (Phi) is 4.44. The lowest BCUT2D eigenvalue weighted by molar-refractivity contribution is -0.172. The average molecular weight is 478 g/mol. The summed E-state index contributed by atoms with van der Waals surface area (Å²) in [6.07, 6.45) is 1.94. The Bertz CT molecular complexity index is 1550. The smallest absolute Gasteiger partial charge is 0.343 e. The number of nitrogens with one attached hydrogen (secondary N) is 1. The minimum Gasteiger partial charge on any atom is -0.458 e. The SMILES string of the molecule is CC[C@@]1(O)C(=O)OCc2c1cc1n(c2=O)Cc2c-1nc1ccc(NC(C)C)c3c1c2C=CS3=O. The summed E-state index contributed by atoms with van der Waals surface area (Å²) in [5.74, 6) is -0.744. The molecule has 0 bridgehead atoms. The molecule has 2 N–H and O–H groups in total. The van der Waals surface area contributed by atoms with Gasteiger partial charge in [-0.2, -0.15) is 0 Å². The summed E-state index contributed by atoms with van der Waals surface area (Å²) in [4.78, 5) is 31.4. The van der Waals surface area contributed by atoms with Gasteiger partial charge in [0.2, 0.25) is 0 Å². The maximum absolute atomic E-state index is 13.4. The predicted molar refractivity (Wildman–Crippen MR) is 129 cm³/mol. The summed E-state index contributed by atoms with van der Waals surface area (Å²) in [6.45, 7) is 5.86. The van der Waals surface area contributed by atoms with Crippen molar-refractivity contribution in [2.75, 3.05) is 5.32 Å². The molecule has 0 amide bonds. The van der Waals surface area contributed by atoms with Gasteiger partial charge < -0.3 is 19.7 Å². The van der Waals surface area contributed by atoms with Crippen molar-refractivity contribution in [2.45, 2.75) is 56.9 Å². The van der Waals surface area contributed by atoms with E-state index in [9.17, 15) is 18.9 Å². The van der Waals surface area contributed by atoms with Gasteiger partial charge in [-0.05, 0) is 50.1 Å². The highest BCUT2D eigenvalue weighted by Crippen LogP contribution is 2.44. The molecule has 3 aliphatic heterocycles. The Hall–Kier alpha value is -3.30. The molecule has 0 radical (unpaired) electrons. The topological polar surface area (TPSA) is 111 Å². The van der Waals surface area contributed by atoms with Crippen LogP contribution < -0.4 is 10.9 Å². The Balaban J connectivity index is 1.64. The number of rotatable bonds is 3. The van der Waals surface area contributed by atoms with E-state index in [4.69, 9.17) is 9.72 Å². The van der Waals surface area contributed by atoms with Crippen molar-refractivity contribution in [3.05, 3.63) is 56.2 Å². The number of fused-ring (bicyclic) bond motifs is 5. The molecule has 3 aliphatic rings. The van der Waals surface area contributed by atoms with Gasteiger partial charge in [-0.3, -0.25) is 4.79 Å². The van der Waals surface area contributed by atoms with Crippen molar-refractivity contribution < 1.29 is 18.8 Å². The number of carbonyl (C=O) groups is 1. The number of nitrogens with zero attached hydrogens (tertiary/aromatic N) is 2. The molecule has 0 spiro atoms. The first-order valence-electron chi connectivity index (χ1n) is 11.3. The van der Waals surface area contributed by atoms with Crippen LogP contribution in [0.4, 0.5) is 5.69 Å². The largest absolute Gasteiger partial charge is 0.458 e. The van der Waals surface area contributed by atoms with E-state index in [2.05, 4.69) is 5.32 Å². The zero-order valence-corrected chi connectivity index (χ0v) is 19.8. The van der Waals surface area contributed by atoms with E-state index in [1.165, 1.54) is 0 Å². The van der Waals surface area contributed by atoms with Gasteiger partial charge in [0.15, 0.2) is 5.60 Å². The van der Waals surface area contributed by atoms with E-state index in [0.717, 1.165) is 22.2 Å². The second-order valence-corrected chi connectivity index (χ2v) is 10.5. The Morgan fingerprint density at radius 2 is 2.09 bits per heavy atom. The van der Waals surface area contributed by atoms with Crippen LogP contribution >= 0.6 is 0 Å². The number of aliphatic hydroxyl groups is 1. The number of ether oxygens (including phenoxy) is 1. The molecule has 3 aromatic rings. The average Bonchev–Trinajstić information content (AvgIpc) is 3.18. The first kappa shape index (κ1) is 21.2. The third-order valence-electron chi connectivity index (χ3n) is 6.85. The molecule has 8 nitrogen and oxygen atoms in total. The molecule has 6 rings (SSSR count). The number of carbonyl (C=O) groups excluding carboxylic acids is 1. The lowest BCUT2D eigenvalue weighted by Gasteiger charge is -2.31. The molecule has 0 fully saturated rings. The molecule has 0 saturated heterocycles. The van der Waals surface area contributed by atoms with E-state index < -0.39 is 22.4 Å². The van der Waals surface area contributed by atoms with Crippen LogP contribution in [0.15, 0.2) is 33.3 Å². The predicted octanol–water partition coefficient (Wildman–Crippen LogP) is 2.99. The highest BCUT2D eigenvalue weighted by atomic mass is 32.2. The van der Waals surface area contributed by atoms with Crippen LogP contribution in [0.1, 0.15) is 49.4 Å². The number of hydrogen-bond donors (Lipinski definition) is 2. The molecule has 2 atom stereocenters. The Labute approximate surface area is 197 Å². The Morgan fingerprint density at radius 1 is 1.29 bits per heavy atom. The summed E-state index contributed by atoms with van der Waals surface area (Å²) in [5.41, 5.74) is 2.84. The van der Waals surface area contributed by atoms with Crippen molar-refractivity contribution in [3.63, 3.8) is 0 Å². The molecule has 0 saturated carbocycles. The van der Waals surface area contributed by atoms with Gasteiger partial charge in [0, 0.05) is 28.0 Å². The van der Waals surface area contributed by atoms with E-state index in [1.807, 2.05) is 32.1 Å². The molecule has 5 heterocycles. The van der Waals surface area contributed by atoms with Crippen LogP contribution in [-0.2, 0) is 39.1 Å². The molecule has 2 aromatic heterocycles. The molecule has 0 aliphatic carbocycles. The van der Waals surface area contributed by atoms with Gasteiger partial charge in [0.25, 0.3) is 5.56 Å². The van der Waals surface area contributed by atoms with Gasteiger partial charge in [0.1, 0.15) is 6.61 Å². The molecule has 1 unspecified atom stereocenters. The van der Waals surface area contributed by atoms with Crippen LogP contribution in [-0.4, -0.2) is 30.9 Å². The fourth-order valence-electron chi connectivity index (χ4n) is 5.19. The number of cyclic esters (lactones) is 1. The van der Waals surface area contributed by atoms with Gasteiger partial charge in [-0.25, -0.2) is 14.0 Å². The first-order chi connectivity index (χ1) is 16.2. The van der Waals surface area contributed by atoms with Crippen molar-refractivity contribution in [3.8, 4) is 11.4 Å². The standard InChI is InChI=1S/C25H23N3O5S/c1-4-25(31)16-9-19-21-14(10-28(19)23(29)15(16)11-33-24(25)30)13-7-8-34(32)22-18(26-12(2)3)6-5-17(27-21)20(13)22/h5-9,12,26,31H,4,10-11H2,1-3H3/t25-,34?/m0/s1. The number of pyridine rings is 2. The van der Waals surface area contributed by atoms with Gasteiger partial charge in [0.05, 0.1) is 50.4 Å². The van der Waals surface area contributed by atoms with Crippen molar-refractivity contribution >= 4 is 39.4 Å². The van der Waals surface area contributed by atoms with Crippen LogP contribution in [0.2, 0.25) is 0 Å². The summed E-state index contributed by atoms with van der Waals surface area (Å²) >= 11 is 0. The number of esters is 1. The lowest BCUT2D eigenvalue weighted by atomic mass is 9.86. The highest BCUT2D eigenvalue weighted by molar-refractivity contribution is 7.88. The van der Waals surface area contributed by atoms with Crippen molar-refractivity contribution in [2.24, 2.45) is 0 Å². The minimum atomic E-state index is -1.86. The summed E-state index contributed by atoms with van der Waals surface area (Å²) in [7, 11) is -1.32. The molecular formula is C25H23N3O5S. The third kappa shape index (κ3) is 2.68. The number of benzene rings is 1. The normalized spacial score (nSPS) is 21.9. The van der Waals surface area contributed by atoms with Crippen molar-refractivity contribution in [1.82, 2.24) is 9.55 Å². The maximum atomic E-state index is 13.4. The highest BCUT2D eigenvalue weighted by Gasteiger charge is 2.45. The van der Waals surface area contributed by atoms with E-state index >= 15 is 0 Å². The molecule has 9 heteroatoms. The van der Waals surface area contributed by atoms with Crippen LogP contribution in [0.5, 0.6) is 0 Å². The first-order valence-corrected chi connectivity index (χ1v) is 12.5. The molecular weight excluding hydrogens is 454 g/mol. The van der Waals surface area contributed by atoms with Crippen molar-refractivity contribution in [1.29, 1.82) is 0 Å². The summed E-state index contributed by atoms with van der Waals surface area (Å²) in [5, 5.41) is 16.9. The third-order valence-corrected chi connectivity index (χ3v) is 8.06. The van der Waals surface area contributed by atoms with Gasteiger partial charge in [-0.15, -0.1) is 0 Å². The second-order valence-electron chi connectivity index (χ2n) is 9.19. The number of aromatic nitrogens is 2. The quantitative estimate of drug-likeness (QED) is 0.437. The van der Waals surface area contributed by atoms with Crippen LogP contribution in [0, 0.1) is 0 Å². The molecule has 174 valence electrons. The van der Waals surface area contributed by atoms with E-state index in [0.29, 0.717) is 39.5 Å². The molecule has 1 aromatic carbocycles. The minimum absolute atomic E-state index is 0.0918. The van der Waals surface area contributed by atoms with Gasteiger partial charge >= 0.3 is 5.97 Å². The summed E-state index contributed by atoms with van der Waals surface area (Å²) in [6, 6.07) is 5.65. The van der Waals surface area contributed by atoms with Gasteiger partial charge in [-0.1, -0.05) is 6.92 Å². The fourth-order valence-corrected chi connectivity index (χ4v) is 6.35. The van der Waals surface area contributed by atoms with E-state index in [-0.39, 0.29) is 24.6 Å². The maximum Gasteiger partial charge on any atom is 0.343 e. The summed E-state index contributed by atoms with van der Waals surface area (Å²) < 4.78 is 19.8. The fraction of sp³-hybridized carbons (Fsp3) is 0.320. The number of hydrogen-bond acceptors (Lipinski definition) is 7. The number of anilines is 1. The van der Waals surface area contributed by atoms with E-state index in [1.54, 1.807) is 23.0 Å². The lowest BCUT2D eigenvalue weighted by Crippen LogP contribution is -2.44. The van der Waals surface area contributed by atoms with Crippen LogP contribution in [0.25, 0.3) is 28.4 Å². The zero-order chi connectivity index (χ0) is 23.9.